The Kier molecular flexibility index (Phi) is 8.26. The molecule has 29 heavy (non-hydrogen) atoms. The van der Waals surface area contributed by atoms with Gasteiger partial charge in [-0.25, -0.2) is 0 Å². The lowest BCUT2D eigenvalue weighted by Gasteiger charge is -2.44. The van der Waals surface area contributed by atoms with Gasteiger partial charge in [0, 0.05) is 49.8 Å². The third-order valence-corrected chi connectivity index (χ3v) is 4.93. The van der Waals surface area contributed by atoms with E-state index < -0.39 is 47.3 Å². The molecule has 0 amide bonds. The van der Waals surface area contributed by atoms with Crippen molar-refractivity contribution in [3.05, 3.63) is 28.8 Å². The molecule has 4 nitrogen and oxygen atoms in total. The third kappa shape index (κ3) is 5.68. The molecule has 2 rings (SSSR count). The molecule has 0 radical (unpaired) electrons. The Labute approximate surface area is 171 Å². The first-order valence-electron chi connectivity index (χ1n) is 8.75. The van der Waals surface area contributed by atoms with Crippen molar-refractivity contribution >= 4 is 12.4 Å². The molecule has 2 N–H and O–H groups in total. The van der Waals surface area contributed by atoms with Crippen LogP contribution in [0.3, 0.4) is 0 Å². The Morgan fingerprint density at radius 1 is 1.07 bits per heavy atom. The summed E-state index contributed by atoms with van der Waals surface area (Å²) in [5, 5.41) is 12.9. The molecule has 11 heteroatoms. The number of hydrogen-bond donors (Lipinski definition) is 2. The summed E-state index contributed by atoms with van der Waals surface area (Å²) in [5.74, 6) is -0.493. The number of alkyl halides is 6. The highest BCUT2D eigenvalue weighted by Gasteiger charge is 2.46. The molecule has 168 valence electrons. The molecule has 1 atom stereocenters. The minimum Gasteiger partial charge on any atom is -0.496 e. The molecule has 1 aliphatic rings. The van der Waals surface area contributed by atoms with Gasteiger partial charge in [-0.3, -0.25) is 4.90 Å². The van der Waals surface area contributed by atoms with E-state index in [1.54, 1.807) is 18.7 Å². The molecular formula is C18H25ClF6N2O2. The second-order valence-electron chi connectivity index (χ2n) is 7.47. The molecule has 1 saturated heterocycles. The van der Waals surface area contributed by atoms with E-state index in [9.17, 15) is 31.4 Å². The van der Waals surface area contributed by atoms with Crippen LogP contribution in [0.4, 0.5) is 26.3 Å². The average Bonchev–Trinajstić information content (AvgIpc) is 2.60. The number of methoxy groups -OCH3 is 1. The second-order valence-corrected chi connectivity index (χ2v) is 7.47. The van der Waals surface area contributed by atoms with Crippen LogP contribution in [0.15, 0.2) is 12.1 Å². The molecule has 0 aliphatic carbocycles. The van der Waals surface area contributed by atoms with Crippen molar-refractivity contribution in [2.45, 2.75) is 32.2 Å². The van der Waals surface area contributed by atoms with Gasteiger partial charge in [-0.2, -0.15) is 26.3 Å². The normalized spacial score (nSPS) is 17.6. The first-order chi connectivity index (χ1) is 12.8. The van der Waals surface area contributed by atoms with Crippen molar-refractivity contribution in [1.29, 1.82) is 0 Å². The van der Waals surface area contributed by atoms with Gasteiger partial charge >= 0.3 is 12.4 Å². The van der Waals surface area contributed by atoms with Gasteiger partial charge in [0.05, 0.1) is 18.2 Å². The number of nitrogens with one attached hydrogen (secondary N) is 1. The van der Waals surface area contributed by atoms with Crippen LogP contribution in [-0.2, 0) is 12.4 Å². The topological polar surface area (TPSA) is 44.7 Å². The minimum atomic E-state index is -5.03. The van der Waals surface area contributed by atoms with Crippen LogP contribution < -0.4 is 10.1 Å². The predicted molar refractivity (Wildman–Crippen MR) is 98.3 cm³/mol. The molecule has 0 bridgehead atoms. The molecule has 0 unspecified atom stereocenters. The fourth-order valence-corrected chi connectivity index (χ4v) is 3.57. The van der Waals surface area contributed by atoms with Crippen LogP contribution in [0.1, 0.15) is 36.6 Å². The number of aliphatic hydroxyl groups is 1. The summed E-state index contributed by atoms with van der Waals surface area (Å²) in [4.78, 5) is 1.74. The Bertz CT molecular complexity index is 688. The van der Waals surface area contributed by atoms with Crippen LogP contribution in [0.5, 0.6) is 5.75 Å². The van der Waals surface area contributed by atoms with Gasteiger partial charge in [0.1, 0.15) is 5.75 Å². The third-order valence-electron chi connectivity index (χ3n) is 4.93. The molecule has 1 aromatic rings. The Morgan fingerprint density at radius 2 is 1.62 bits per heavy atom. The standard InChI is InChI=1S/C18H24F6N2O2.ClH/c1-16(2,10-27)15(26-6-4-25-5-7-26)14-12(18(22,23)24)8-11(17(19,20)21)9-13(14)28-3;/h8-9,15,25,27H,4-7,10H2,1-3H3;1H/t15-;/m1./s1. The number of hydrogen-bond acceptors (Lipinski definition) is 4. The van der Waals surface area contributed by atoms with Gasteiger partial charge in [0.25, 0.3) is 0 Å². The molecular weight excluding hydrogens is 426 g/mol. The van der Waals surface area contributed by atoms with Crippen LogP contribution in [-0.4, -0.2) is 49.9 Å². The second kappa shape index (κ2) is 9.28. The van der Waals surface area contributed by atoms with Crippen molar-refractivity contribution < 1.29 is 36.2 Å². The summed E-state index contributed by atoms with van der Waals surface area (Å²) in [6.45, 7) is 4.51. The first kappa shape index (κ1) is 25.8. The highest BCUT2D eigenvalue weighted by Crippen LogP contribution is 2.49. The maximum Gasteiger partial charge on any atom is 0.416 e. The van der Waals surface area contributed by atoms with Crippen LogP contribution in [0.25, 0.3) is 0 Å². The lowest BCUT2D eigenvalue weighted by atomic mass is 9.77. The maximum atomic E-state index is 13.8. The first-order valence-corrected chi connectivity index (χ1v) is 8.75. The maximum absolute atomic E-state index is 13.8. The number of rotatable bonds is 5. The molecule has 1 aliphatic heterocycles. The van der Waals surface area contributed by atoms with Crippen LogP contribution >= 0.6 is 12.4 Å². The van der Waals surface area contributed by atoms with E-state index in [0.29, 0.717) is 32.2 Å². The molecule has 0 saturated carbocycles. The van der Waals surface area contributed by atoms with E-state index >= 15 is 0 Å². The van der Waals surface area contributed by atoms with Gasteiger partial charge in [0.2, 0.25) is 0 Å². The van der Waals surface area contributed by atoms with Crippen molar-refractivity contribution in [2.24, 2.45) is 5.41 Å². The van der Waals surface area contributed by atoms with Gasteiger partial charge in [-0.05, 0) is 12.1 Å². The highest BCUT2D eigenvalue weighted by atomic mass is 35.5. The monoisotopic (exact) mass is 450 g/mol. The van der Waals surface area contributed by atoms with Crippen molar-refractivity contribution in [2.75, 3.05) is 39.9 Å². The fraction of sp³-hybridized carbons (Fsp3) is 0.667. The predicted octanol–water partition coefficient (Wildman–Crippen LogP) is 4.12. The highest BCUT2D eigenvalue weighted by molar-refractivity contribution is 5.85. The van der Waals surface area contributed by atoms with E-state index in [-0.39, 0.29) is 24.0 Å². The van der Waals surface area contributed by atoms with E-state index in [1.807, 2.05) is 0 Å². The zero-order valence-electron chi connectivity index (χ0n) is 16.2. The largest absolute Gasteiger partial charge is 0.496 e. The van der Waals surface area contributed by atoms with Crippen molar-refractivity contribution in [3.8, 4) is 5.75 Å². The lowest BCUT2D eigenvalue weighted by molar-refractivity contribution is -0.144. The summed E-state index contributed by atoms with van der Waals surface area (Å²) in [7, 11) is 1.04. The van der Waals surface area contributed by atoms with Crippen LogP contribution in [0, 0.1) is 5.41 Å². The molecule has 1 aromatic carbocycles. The summed E-state index contributed by atoms with van der Waals surface area (Å²) < 4.78 is 86.0. The van der Waals surface area contributed by atoms with Crippen molar-refractivity contribution in [3.63, 3.8) is 0 Å². The SMILES string of the molecule is COc1cc(C(F)(F)F)cc(C(F)(F)F)c1[C@@H](N1CCNCC1)C(C)(C)CO.Cl. The number of piperazine rings is 1. The van der Waals surface area contributed by atoms with Gasteiger partial charge < -0.3 is 15.2 Å². The summed E-state index contributed by atoms with van der Waals surface area (Å²) in [6, 6.07) is -0.276. The van der Waals surface area contributed by atoms with E-state index in [2.05, 4.69) is 5.32 Å². The van der Waals surface area contributed by atoms with Crippen LogP contribution in [0.2, 0.25) is 0 Å². The molecule has 0 spiro atoms. The van der Waals surface area contributed by atoms with Gasteiger partial charge in [0.15, 0.2) is 0 Å². The fourth-order valence-electron chi connectivity index (χ4n) is 3.57. The zero-order chi connectivity index (χ0) is 21.3. The quantitative estimate of drug-likeness (QED) is 0.662. The number of aliphatic hydroxyl groups excluding tert-OH is 1. The Hall–Kier alpha value is -1.23. The molecule has 0 aromatic heterocycles. The number of benzene rings is 1. The summed E-state index contributed by atoms with van der Waals surface area (Å²) >= 11 is 0. The summed E-state index contributed by atoms with van der Waals surface area (Å²) in [6.07, 6.45) is -9.98. The average molecular weight is 451 g/mol. The Morgan fingerprint density at radius 3 is 2.03 bits per heavy atom. The van der Waals surface area contributed by atoms with E-state index in [0.717, 1.165) is 7.11 Å². The number of ether oxygens (including phenoxy) is 1. The summed E-state index contributed by atoms with van der Waals surface area (Å²) in [5.41, 5.74) is -4.28. The lowest BCUT2D eigenvalue weighted by Crippen LogP contribution is -2.50. The molecule has 1 heterocycles. The van der Waals surface area contributed by atoms with Gasteiger partial charge in [-0.15, -0.1) is 12.4 Å². The number of halogens is 7. The number of nitrogens with zero attached hydrogens (tertiary/aromatic N) is 1. The minimum absolute atomic E-state index is 0. The van der Waals surface area contributed by atoms with E-state index in [4.69, 9.17) is 4.74 Å². The smallest absolute Gasteiger partial charge is 0.416 e. The van der Waals surface area contributed by atoms with Crippen molar-refractivity contribution in [1.82, 2.24) is 10.2 Å². The van der Waals surface area contributed by atoms with E-state index in [1.165, 1.54) is 0 Å². The zero-order valence-corrected chi connectivity index (χ0v) is 17.1. The molecule has 1 fully saturated rings. The Balaban J connectivity index is 0.00000420. The van der Waals surface area contributed by atoms with Gasteiger partial charge in [-0.1, -0.05) is 13.8 Å².